The number of rotatable bonds is 9. The van der Waals surface area contributed by atoms with Crippen molar-refractivity contribution in [2.24, 2.45) is 16.9 Å². The van der Waals surface area contributed by atoms with E-state index in [9.17, 15) is 19.4 Å². The Kier molecular flexibility index (Phi) is 7.33. The Morgan fingerprint density at radius 2 is 1.89 bits per heavy atom. The molecule has 2 aromatic rings. The summed E-state index contributed by atoms with van der Waals surface area (Å²) in [6.07, 6.45) is 0.693. The Morgan fingerprint density at radius 3 is 2.44 bits per heavy atom. The van der Waals surface area contributed by atoms with Crippen LogP contribution in [0.15, 0.2) is 42.5 Å². The summed E-state index contributed by atoms with van der Waals surface area (Å²) in [6.45, 7) is -0.361. The van der Waals surface area contributed by atoms with Gasteiger partial charge in [0.15, 0.2) is 0 Å². The zero-order valence-electron chi connectivity index (χ0n) is 14.9. The molecule has 27 heavy (non-hydrogen) atoms. The Bertz CT molecular complexity index is 785. The summed E-state index contributed by atoms with van der Waals surface area (Å²) in [4.78, 5) is 11.6. The summed E-state index contributed by atoms with van der Waals surface area (Å²) < 4.78 is 14.0. The van der Waals surface area contributed by atoms with Gasteiger partial charge in [0.2, 0.25) is 0 Å². The summed E-state index contributed by atoms with van der Waals surface area (Å²) >= 11 is 5.93. The molecule has 5 nitrogen and oxygen atoms in total. The number of benzene rings is 2. The van der Waals surface area contributed by atoms with Crippen molar-refractivity contribution in [1.29, 1.82) is 0 Å². The van der Waals surface area contributed by atoms with E-state index >= 15 is 0 Å². The number of nitrogens with two attached hydrogens (primary N) is 2. The lowest BCUT2D eigenvalue weighted by atomic mass is 9.78. The number of hydrogen-bond donors (Lipinski definition) is 4. The van der Waals surface area contributed by atoms with E-state index < -0.39 is 24.0 Å². The molecule has 146 valence electrons. The molecule has 0 aliphatic carbocycles. The molecule has 2 rings (SSSR count). The monoisotopic (exact) mass is 394 g/mol. The first kappa shape index (κ1) is 21.3. The van der Waals surface area contributed by atoms with E-state index in [2.05, 4.69) is 0 Å². The van der Waals surface area contributed by atoms with Crippen molar-refractivity contribution in [2.45, 2.75) is 25.3 Å². The third-order valence-electron chi connectivity index (χ3n) is 4.72. The summed E-state index contributed by atoms with van der Waals surface area (Å²) in [5, 5.41) is 19.5. The highest BCUT2D eigenvalue weighted by atomic mass is 35.5. The van der Waals surface area contributed by atoms with Crippen molar-refractivity contribution in [3.63, 3.8) is 0 Å². The van der Waals surface area contributed by atoms with E-state index in [4.69, 9.17) is 23.1 Å². The maximum absolute atomic E-state index is 14.0. The lowest BCUT2D eigenvalue weighted by Crippen LogP contribution is -2.42. The van der Waals surface area contributed by atoms with Crippen molar-refractivity contribution in [2.75, 3.05) is 13.2 Å². The Hall–Kier alpha value is -1.99. The predicted octanol–water partition coefficient (Wildman–Crippen LogP) is 2.82. The van der Waals surface area contributed by atoms with Crippen molar-refractivity contribution < 1.29 is 19.4 Å². The van der Waals surface area contributed by atoms with Crippen molar-refractivity contribution in [3.8, 4) is 11.1 Å². The SMILES string of the molecule is NCCC(CO)(C[C@H](N)Cc1ccc(-c2cc(Cl)ccc2F)cc1)C(=O)O. The van der Waals surface area contributed by atoms with Gasteiger partial charge in [-0.25, -0.2) is 4.39 Å². The van der Waals surface area contributed by atoms with E-state index in [1.165, 1.54) is 12.1 Å². The molecule has 0 saturated carbocycles. The van der Waals surface area contributed by atoms with Crippen LogP contribution in [0.3, 0.4) is 0 Å². The minimum Gasteiger partial charge on any atom is -0.481 e. The van der Waals surface area contributed by atoms with Gasteiger partial charge in [-0.2, -0.15) is 0 Å². The fourth-order valence-electron chi connectivity index (χ4n) is 3.20. The van der Waals surface area contributed by atoms with Crippen LogP contribution >= 0.6 is 11.6 Å². The molecule has 6 N–H and O–H groups in total. The summed E-state index contributed by atoms with van der Waals surface area (Å²) in [7, 11) is 0. The van der Waals surface area contributed by atoms with Gasteiger partial charge in [-0.1, -0.05) is 35.9 Å². The molecule has 2 atom stereocenters. The van der Waals surface area contributed by atoms with Gasteiger partial charge >= 0.3 is 5.97 Å². The molecule has 0 radical (unpaired) electrons. The highest BCUT2D eigenvalue weighted by Crippen LogP contribution is 2.29. The molecule has 0 bridgehead atoms. The van der Waals surface area contributed by atoms with Crippen LogP contribution < -0.4 is 11.5 Å². The molecule has 2 aromatic carbocycles. The second kappa shape index (κ2) is 9.28. The van der Waals surface area contributed by atoms with Gasteiger partial charge in [-0.05, 0) is 55.1 Å². The smallest absolute Gasteiger partial charge is 0.312 e. The minimum atomic E-state index is -1.34. The van der Waals surface area contributed by atoms with E-state index in [0.29, 0.717) is 22.6 Å². The second-order valence-electron chi connectivity index (χ2n) is 6.77. The Labute approximate surface area is 162 Å². The van der Waals surface area contributed by atoms with Crippen LogP contribution in [-0.2, 0) is 11.2 Å². The number of aliphatic hydroxyl groups excluding tert-OH is 1. The molecule has 0 amide bonds. The quantitative estimate of drug-likeness (QED) is 0.522. The fourth-order valence-corrected chi connectivity index (χ4v) is 3.37. The van der Waals surface area contributed by atoms with Crippen molar-refractivity contribution in [1.82, 2.24) is 0 Å². The van der Waals surface area contributed by atoms with Gasteiger partial charge in [-0.3, -0.25) is 4.79 Å². The predicted molar refractivity (Wildman–Crippen MR) is 104 cm³/mol. The molecule has 1 unspecified atom stereocenters. The van der Waals surface area contributed by atoms with Gasteiger partial charge < -0.3 is 21.7 Å². The maximum Gasteiger partial charge on any atom is 0.312 e. The van der Waals surface area contributed by atoms with E-state index in [1.807, 2.05) is 12.1 Å². The lowest BCUT2D eigenvalue weighted by molar-refractivity contribution is -0.152. The molecule has 0 heterocycles. The number of carboxylic acid groups (broad SMARTS) is 1. The molecule has 0 aliphatic rings. The van der Waals surface area contributed by atoms with Crippen molar-refractivity contribution in [3.05, 3.63) is 58.9 Å². The van der Waals surface area contributed by atoms with E-state index in [1.54, 1.807) is 18.2 Å². The Morgan fingerprint density at radius 1 is 1.22 bits per heavy atom. The standard InChI is InChI=1S/C20H24ClFN2O3/c21-15-5-6-18(22)17(10-15)14-3-1-13(2-4-14)9-16(24)11-20(12-25,7-8-23)19(26)27/h1-6,10,16,25H,7-9,11-12,23-24H2,(H,26,27)/t16-,20?/m1/s1. The molecule has 0 aliphatic heterocycles. The first-order valence-corrected chi connectivity index (χ1v) is 9.03. The fraction of sp³-hybridized carbons (Fsp3) is 0.350. The van der Waals surface area contributed by atoms with Crippen LogP contribution in [0.25, 0.3) is 11.1 Å². The van der Waals surface area contributed by atoms with E-state index in [-0.39, 0.29) is 25.2 Å². The van der Waals surface area contributed by atoms with Gasteiger partial charge in [0.25, 0.3) is 0 Å². The van der Waals surface area contributed by atoms with E-state index in [0.717, 1.165) is 5.56 Å². The number of hydrogen-bond acceptors (Lipinski definition) is 4. The first-order valence-electron chi connectivity index (χ1n) is 8.65. The lowest BCUT2D eigenvalue weighted by Gasteiger charge is -2.29. The summed E-state index contributed by atoms with van der Waals surface area (Å²) in [5.74, 6) is -1.46. The normalized spacial score (nSPS) is 14.6. The maximum atomic E-state index is 14.0. The molecular formula is C20H24ClFN2O3. The largest absolute Gasteiger partial charge is 0.481 e. The van der Waals surface area contributed by atoms with Gasteiger partial charge in [0.1, 0.15) is 5.82 Å². The highest BCUT2D eigenvalue weighted by Gasteiger charge is 2.38. The summed E-state index contributed by atoms with van der Waals surface area (Å²) in [6, 6.07) is 11.1. The third-order valence-corrected chi connectivity index (χ3v) is 4.96. The first-order chi connectivity index (χ1) is 12.8. The second-order valence-corrected chi connectivity index (χ2v) is 7.21. The zero-order chi connectivity index (χ0) is 20.0. The van der Waals surface area contributed by atoms with Gasteiger partial charge in [0, 0.05) is 16.6 Å². The summed E-state index contributed by atoms with van der Waals surface area (Å²) in [5.41, 5.74) is 12.3. The van der Waals surface area contributed by atoms with Crippen LogP contribution in [0.4, 0.5) is 4.39 Å². The molecule has 0 aromatic heterocycles. The molecule has 7 heteroatoms. The molecule has 0 spiro atoms. The molecule has 0 saturated heterocycles. The number of carbonyl (C=O) groups is 1. The van der Waals surface area contributed by atoms with Crippen LogP contribution in [-0.4, -0.2) is 35.4 Å². The van der Waals surface area contributed by atoms with Crippen LogP contribution in [0.5, 0.6) is 0 Å². The number of aliphatic carboxylic acids is 1. The van der Waals surface area contributed by atoms with Crippen LogP contribution in [0.1, 0.15) is 18.4 Å². The third kappa shape index (κ3) is 5.26. The van der Waals surface area contributed by atoms with Gasteiger partial charge in [0.05, 0.1) is 12.0 Å². The number of halogens is 2. The van der Waals surface area contributed by atoms with Crippen LogP contribution in [0.2, 0.25) is 5.02 Å². The topological polar surface area (TPSA) is 110 Å². The van der Waals surface area contributed by atoms with Crippen LogP contribution in [0, 0.1) is 11.2 Å². The number of carboxylic acids is 1. The average Bonchev–Trinajstić information content (AvgIpc) is 2.63. The average molecular weight is 395 g/mol. The number of aliphatic hydroxyl groups is 1. The highest BCUT2D eigenvalue weighted by molar-refractivity contribution is 6.30. The molecule has 0 fully saturated rings. The molecular weight excluding hydrogens is 371 g/mol. The zero-order valence-corrected chi connectivity index (χ0v) is 15.6. The minimum absolute atomic E-state index is 0.112. The van der Waals surface area contributed by atoms with Gasteiger partial charge in [-0.15, -0.1) is 0 Å². The Balaban J connectivity index is 2.11. The van der Waals surface area contributed by atoms with Crippen molar-refractivity contribution >= 4 is 17.6 Å².